The van der Waals surface area contributed by atoms with E-state index in [0.717, 1.165) is 53.5 Å². The summed E-state index contributed by atoms with van der Waals surface area (Å²) in [7, 11) is 0. The summed E-state index contributed by atoms with van der Waals surface area (Å²) < 4.78 is 0. The number of ketones is 5. The molecule has 0 aliphatic rings. The molecule has 0 radical (unpaired) electrons. The molecule has 68 heavy (non-hydrogen) atoms. The smallest absolute Gasteiger partial charge is 0.165 e. The SMILES string of the molecule is CC(=O)c1ccc(C(C)(C)O)cc1.CC(=O)c1cccc(C(C)(C)O)c1.CC(=O)c1ccccc1CCC(C)O.CCCC(O)CC(=O)c1ccccc1.CCCC(O)c1ccc(C(C)=O)cc1. The van der Waals surface area contributed by atoms with Crippen molar-refractivity contribution >= 4 is 28.9 Å². The van der Waals surface area contributed by atoms with Gasteiger partial charge in [0, 0.05) is 34.2 Å². The van der Waals surface area contributed by atoms with Crippen LogP contribution in [0.3, 0.4) is 0 Å². The van der Waals surface area contributed by atoms with Crippen LogP contribution in [0.2, 0.25) is 0 Å². The van der Waals surface area contributed by atoms with Gasteiger partial charge >= 0.3 is 0 Å². The summed E-state index contributed by atoms with van der Waals surface area (Å²) >= 11 is 0. The molecule has 0 aliphatic heterocycles. The molecule has 0 heterocycles. The van der Waals surface area contributed by atoms with Crippen molar-refractivity contribution in [2.24, 2.45) is 0 Å². The fourth-order valence-corrected chi connectivity index (χ4v) is 6.45. The molecule has 3 atom stereocenters. The minimum Gasteiger partial charge on any atom is -0.393 e. The van der Waals surface area contributed by atoms with Gasteiger partial charge in [-0.15, -0.1) is 0 Å². The van der Waals surface area contributed by atoms with Gasteiger partial charge in [0.15, 0.2) is 28.9 Å². The van der Waals surface area contributed by atoms with Crippen LogP contribution < -0.4 is 0 Å². The van der Waals surface area contributed by atoms with Crippen LogP contribution in [0.4, 0.5) is 0 Å². The molecule has 0 spiro atoms. The monoisotopic (exact) mass is 933 g/mol. The van der Waals surface area contributed by atoms with Crippen LogP contribution in [0, 0.1) is 0 Å². The van der Waals surface area contributed by atoms with Gasteiger partial charge in [0.2, 0.25) is 0 Å². The average Bonchev–Trinajstić information content (AvgIpc) is 3.29. The Balaban J connectivity index is 0.000000425. The van der Waals surface area contributed by atoms with Crippen molar-refractivity contribution in [2.75, 3.05) is 0 Å². The van der Waals surface area contributed by atoms with Gasteiger partial charge in [0.25, 0.3) is 0 Å². The Labute approximate surface area is 405 Å². The molecule has 5 N–H and O–H groups in total. The first kappa shape index (κ1) is 60.3. The number of Topliss-reactive ketones (excluding diaryl/α,β-unsaturated/α-hetero) is 5. The summed E-state index contributed by atoms with van der Waals surface area (Å²) in [6.07, 6.45) is 3.80. The van der Waals surface area contributed by atoms with Gasteiger partial charge in [-0.3, -0.25) is 24.0 Å². The van der Waals surface area contributed by atoms with E-state index in [4.69, 9.17) is 5.11 Å². The lowest BCUT2D eigenvalue weighted by Crippen LogP contribution is -2.15. The van der Waals surface area contributed by atoms with E-state index in [9.17, 15) is 44.4 Å². The van der Waals surface area contributed by atoms with E-state index >= 15 is 0 Å². The first-order valence-corrected chi connectivity index (χ1v) is 23.3. The Bertz CT molecular complexity index is 2280. The highest BCUT2D eigenvalue weighted by molar-refractivity contribution is 5.97. The number of hydrogen-bond acceptors (Lipinski definition) is 10. The number of hydrogen-bond donors (Lipinski definition) is 5. The third-order valence-electron chi connectivity index (χ3n) is 10.6. The zero-order valence-electron chi connectivity index (χ0n) is 42.1. The number of aliphatic hydroxyl groups excluding tert-OH is 3. The zero-order valence-corrected chi connectivity index (χ0v) is 42.1. The number of benzene rings is 5. The Kier molecular flexibility index (Phi) is 27.1. The van der Waals surface area contributed by atoms with E-state index in [0.29, 0.717) is 35.1 Å². The molecule has 0 fully saturated rings. The van der Waals surface area contributed by atoms with E-state index in [1.54, 1.807) is 108 Å². The van der Waals surface area contributed by atoms with Gasteiger partial charge in [-0.2, -0.15) is 0 Å². The highest BCUT2D eigenvalue weighted by atomic mass is 16.3. The molecule has 10 nitrogen and oxygen atoms in total. The van der Waals surface area contributed by atoms with Gasteiger partial charge < -0.3 is 25.5 Å². The van der Waals surface area contributed by atoms with Crippen molar-refractivity contribution in [3.8, 4) is 0 Å². The highest BCUT2D eigenvalue weighted by Gasteiger charge is 2.17. The number of carbonyl (C=O) groups is 5. The van der Waals surface area contributed by atoms with Crippen LogP contribution in [0.25, 0.3) is 0 Å². The molecular formula is C58H76O10. The summed E-state index contributed by atoms with van der Waals surface area (Å²) in [6.45, 7) is 18.8. The Hall–Kier alpha value is -5.75. The van der Waals surface area contributed by atoms with Crippen molar-refractivity contribution in [3.05, 3.63) is 177 Å². The number of aliphatic hydroxyl groups is 5. The van der Waals surface area contributed by atoms with Crippen molar-refractivity contribution in [3.63, 3.8) is 0 Å². The maximum absolute atomic E-state index is 11.6. The highest BCUT2D eigenvalue weighted by Crippen LogP contribution is 2.22. The third-order valence-corrected chi connectivity index (χ3v) is 10.6. The zero-order chi connectivity index (χ0) is 51.6. The molecule has 3 unspecified atom stereocenters. The first-order chi connectivity index (χ1) is 31.8. The van der Waals surface area contributed by atoms with Crippen molar-refractivity contribution in [1.82, 2.24) is 0 Å². The molecule has 5 aromatic carbocycles. The largest absolute Gasteiger partial charge is 0.393 e. The first-order valence-electron chi connectivity index (χ1n) is 23.3. The second-order valence-electron chi connectivity index (χ2n) is 17.9. The minimum absolute atomic E-state index is 0.0195. The molecule has 0 amide bonds. The Morgan fingerprint density at radius 2 is 0.971 bits per heavy atom. The van der Waals surface area contributed by atoms with Gasteiger partial charge in [-0.1, -0.05) is 148 Å². The van der Waals surface area contributed by atoms with Gasteiger partial charge in [0.05, 0.1) is 29.5 Å². The Morgan fingerprint density at radius 3 is 1.43 bits per heavy atom. The van der Waals surface area contributed by atoms with E-state index in [1.807, 2.05) is 74.5 Å². The van der Waals surface area contributed by atoms with Crippen molar-refractivity contribution in [2.45, 2.75) is 151 Å². The molecule has 0 bridgehead atoms. The summed E-state index contributed by atoms with van der Waals surface area (Å²) in [5.41, 5.74) is 5.23. The number of rotatable bonds is 17. The minimum atomic E-state index is -0.883. The molecule has 5 rings (SSSR count). The molecule has 10 heteroatoms. The maximum Gasteiger partial charge on any atom is 0.165 e. The lowest BCUT2D eigenvalue weighted by Gasteiger charge is -2.17. The van der Waals surface area contributed by atoms with Crippen LogP contribution in [0.5, 0.6) is 0 Å². The normalized spacial score (nSPS) is 12.1. The van der Waals surface area contributed by atoms with E-state index in [1.165, 1.54) is 20.8 Å². The van der Waals surface area contributed by atoms with Crippen LogP contribution in [0.15, 0.2) is 127 Å². The predicted molar refractivity (Wildman–Crippen MR) is 272 cm³/mol. The quantitative estimate of drug-likeness (QED) is 0.0562. The average molecular weight is 933 g/mol. The predicted octanol–water partition coefficient (Wildman–Crippen LogP) is 11.6. The van der Waals surface area contributed by atoms with Crippen molar-refractivity contribution < 1.29 is 49.5 Å². The topological polar surface area (TPSA) is 186 Å². The number of aryl methyl sites for hydroxylation is 1. The molecule has 0 saturated carbocycles. The molecule has 0 aromatic heterocycles. The molecule has 0 aliphatic carbocycles. The number of carbonyl (C=O) groups excluding carboxylic acids is 5. The van der Waals surface area contributed by atoms with E-state index < -0.39 is 23.4 Å². The molecule has 5 aromatic rings. The van der Waals surface area contributed by atoms with Gasteiger partial charge in [-0.25, -0.2) is 0 Å². The third kappa shape index (κ3) is 23.8. The Morgan fingerprint density at radius 1 is 0.500 bits per heavy atom. The second-order valence-corrected chi connectivity index (χ2v) is 17.9. The van der Waals surface area contributed by atoms with Crippen molar-refractivity contribution in [1.29, 1.82) is 0 Å². The second kappa shape index (κ2) is 30.6. The molecular weight excluding hydrogens is 857 g/mol. The maximum atomic E-state index is 11.6. The summed E-state index contributed by atoms with van der Waals surface area (Å²) in [5, 5.41) is 47.6. The summed E-state index contributed by atoms with van der Waals surface area (Å²) in [6, 6.07) is 37.9. The molecule has 0 saturated heterocycles. The standard InChI is InChI=1S/3C12H16O2.2C11H14O2/c1-9(13)7-8-11-5-3-4-6-12(11)10(2)14;1-3-4-12(14)11-7-5-10(6-8-11)9(2)13;1-2-6-11(13)9-12(14)10-7-4-3-5-8-10;1-8(12)9-4-6-10(7-5-9)11(2,3)13;1-8(12)9-5-4-6-10(7-9)11(2,3)13/h3-6,9,13H,7-8H2,1-2H3;5-8,12,14H,3-4H2,1-2H3;3-5,7-8,11,13H,2,6,9H2,1H3;2*4-7,13H,1-3H3. The van der Waals surface area contributed by atoms with Crippen LogP contribution >= 0.6 is 0 Å². The van der Waals surface area contributed by atoms with Gasteiger partial charge in [-0.05, 0) is 116 Å². The lowest BCUT2D eigenvalue weighted by molar-refractivity contribution is 0.0779. The fourth-order valence-electron chi connectivity index (χ4n) is 6.45. The summed E-state index contributed by atoms with van der Waals surface area (Å²) in [5.74, 6) is 0.229. The lowest BCUT2D eigenvalue weighted by atomic mass is 9.96. The van der Waals surface area contributed by atoms with Crippen LogP contribution in [0.1, 0.15) is 195 Å². The molecule has 368 valence electrons. The fraction of sp³-hybridized carbons (Fsp3) is 0.397. The van der Waals surface area contributed by atoms with E-state index in [-0.39, 0.29) is 41.4 Å². The van der Waals surface area contributed by atoms with Crippen LogP contribution in [-0.4, -0.2) is 66.7 Å². The van der Waals surface area contributed by atoms with E-state index in [2.05, 4.69) is 0 Å². The van der Waals surface area contributed by atoms with Crippen LogP contribution in [-0.2, 0) is 17.6 Å². The summed E-state index contributed by atoms with van der Waals surface area (Å²) in [4.78, 5) is 55.8. The van der Waals surface area contributed by atoms with Gasteiger partial charge in [0.1, 0.15) is 0 Å².